The lowest BCUT2D eigenvalue weighted by Crippen LogP contribution is -2.32. The third-order valence-electron chi connectivity index (χ3n) is 2.26. The number of amides is 1. The van der Waals surface area contributed by atoms with Gasteiger partial charge < -0.3 is 11.1 Å². The van der Waals surface area contributed by atoms with Gasteiger partial charge >= 0.3 is 0 Å². The smallest absolute Gasteiger partial charge is 0.227 e. The molecule has 0 heterocycles. The minimum absolute atomic E-state index is 0.220. The lowest BCUT2D eigenvalue weighted by atomic mass is 10.00. The molecule has 16 heavy (non-hydrogen) atoms. The van der Waals surface area contributed by atoms with Crippen LogP contribution in [0.3, 0.4) is 0 Å². The average Bonchev–Trinajstić information content (AvgIpc) is 2.28. The van der Waals surface area contributed by atoms with E-state index in [4.69, 9.17) is 5.73 Å². The molecule has 1 amide bonds. The van der Waals surface area contributed by atoms with Crippen LogP contribution in [-0.4, -0.2) is 19.0 Å². The molecular formula is C11H14BrFN2O. The van der Waals surface area contributed by atoms with Gasteiger partial charge in [-0.2, -0.15) is 0 Å². The first-order valence-electron chi connectivity index (χ1n) is 4.99. The fraction of sp³-hybridized carbons (Fsp3) is 0.364. The number of hydrogen-bond acceptors (Lipinski definition) is 2. The molecule has 0 bridgehead atoms. The summed E-state index contributed by atoms with van der Waals surface area (Å²) in [4.78, 5) is 11.6. The van der Waals surface area contributed by atoms with Gasteiger partial charge in [0, 0.05) is 23.1 Å². The van der Waals surface area contributed by atoms with Crippen LogP contribution in [0.5, 0.6) is 0 Å². The summed E-state index contributed by atoms with van der Waals surface area (Å²) < 4.78 is 14.2. The Labute approximate surface area is 102 Å². The van der Waals surface area contributed by atoms with Gasteiger partial charge in [0.15, 0.2) is 0 Å². The molecule has 0 fully saturated rings. The zero-order chi connectivity index (χ0) is 12.1. The quantitative estimate of drug-likeness (QED) is 0.887. The summed E-state index contributed by atoms with van der Waals surface area (Å²) in [6, 6.07) is 4.55. The van der Waals surface area contributed by atoms with E-state index in [1.807, 2.05) is 0 Å². The first kappa shape index (κ1) is 13.1. The van der Waals surface area contributed by atoms with Gasteiger partial charge in [-0.05, 0) is 25.1 Å². The highest BCUT2D eigenvalue weighted by Gasteiger charge is 2.18. The molecular weight excluding hydrogens is 275 g/mol. The molecule has 5 heteroatoms. The Morgan fingerprint density at radius 1 is 1.62 bits per heavy atom. The van der Waals surface area contributed by atoms with E-state index in [9.17, 15) is 9.18 Å². The monoisotopic (exact) mass is 288 g/mol. The molecule has 1 unspecified atom stereocenters. The Hall–Kier alpha value is -0.940. The van der Waals surface area contributed by atoms with Crippen molar-refractivity contribution in [2.75, 3.05) is 13.1 Å². The van der Waals surface area contributed by atoms with Crippen molar-refractivity contribution in [3.8, 4) is 0 Å². The van der Waals surface area contributed by atoms with Crippen LogP contribution >= 0.6 is 15.9 Å². The Morgan fingerprint density at radius 3 is 2.94 bits per heavy atom. The second-order valence-electron chi connectivity index (χ2n) is 3.47. The lowest BCUT2D eigenvalue weighted by Gasteiger charge is -2.13. The molecule has 0 aromatic heterocycles. The van der Waals surface area contributed by atoms with Crippen LogP contribution in [-0.2, 0) is 4.79 Å². The Balaban J connectivity index is 2.82. The summed E-state index contributed by atoms with van der Waals surface area (Å²) in [5.74, 6) is -1.12. The Kier molecular flexibility index (Phi) is 4.89. The first-order chi connectivity index (χ1) is 7.56. The highest BCUT2D eigenvalue weighted by Crippen LogP contribution is 2.23. The Morgan fingerprint density at radius 2 is 2.31 bits per heavy atom. The van der Waals surface area contributed by atoms with Crippen LogP contribution in [0.25, 0.3) is 0 Å². The van der Waals surface area contributed by atoms with Crippen molar-refractivity contribution in [3.63, 3.8) is 0 Å². The third-order valence-corrected chi connectivity index (χ3v) is 2.75. The van der Waals surface area contributed by atoms with E-state index < -0.39 is 5.92 Å². The SMILES string of the molecule is CC(C(=O)NCCN)c1cc(Br)ccc1F. The molecule has 0 saturated heterocycles. The van der Waals surface area contributed by atoms with Crippen molar-refractivity contribution >= 4 is 21.8 Å². The maximum Gasteiger partial charge on any atom is 0.227 e. The topological polar surface area (TPSA) is 55.1 Å². The van der Waals surface area contributed by atoms with Gasteiger partial charge in [0.25, 0.3) is 0 Å². The first-order valence-corrected chi connectivity index (χ1v) is 5.78. The molecule has 1 rings (SSSR count). The van der Waals surface area contributed by atoms with Crippen LogP contribution in [0.2, 0.25) is 0 Å². The van der Waals surface area contributed by atoms with E-state index in [2.05, 4.69) is 21.2 Å². The van der Waals surface area contributed by atoms with Gasteiger partial charge in [0.05, 0.1) is 5.92 Å². The molecule has 3 N–H and O–H groups in total. The van der Waals surface area contributed by atoms with Gasteiger partial charge in [-0.3, -0.25) is 4.79 Å². The van der Waals surface area contributed by atoms with Crippen LogP contribution in [0.1, 0.15) is 18.4 Å². The molecule has 0 aliphatic heterocycles. The third kappa shape index (κ3) is 3.28. The van der Waals surface area contributed by atoms with E-state index in [-0.39, 0.29) is 11.7 Å². The van der Waals surface area contributed by atoms with Crippen molar-refractivity contribution in [3.05, 3.63) is 34.1 Å². The van der Waals surface area contributed by atoms with Gasteiger partial charge in [-0.25, -0.2) is 4.39 Å². The average molecular weight is 289 g/mol. The maximum absolute atomic E-state index is 13.5. The van der Waals surface area contributed by atoms with Gasteiger partial charge in [0.1, 0.15) is 5.82 Å². The van der Waals surface area contributed by atoms with Crippen LogP contribution < -0.4 is 11.1 Å². The van der Waals surface area contributed by atoms with Gasteiger partial charge in [-0.15, -0.1) is 0 Å². The summed E-state index contributed by atoms with van der Waals surface area (Å²) >= 11 is 3.25. The summed E-state index contributed by atoms with van der Waals surface area (Å²) in [7, 11) is 0. The van der Waals surface area contributed by atoms with E-state index in [1.54, 1.807) is 19.1 Å². The summed E-state index contributed by atoms with van der Waals surface area (Å²) in [6.45, 7) is 2.44. The van der Waals surface area contributed by atoms with E-state index >= 15 is 0 Å². The standard InChI is InChI=1S/C11H14BrFN2O/c1-7(11(16)15-5-4-14)9-6-8(12)2-3-10(9)13/h2-3,6-7H,4-5,14H2,1H3,(H,15,16). The number of hydrogen-bond donors (Lipinski definition) is 2. The zero-order valence-corrected chi connectivity index (χ0v) is 10.6. The predicted octanol–water partition coefficient (Wildman–Crippen LogP) is 1.77. The number of benzene rings is 1. The second-order valence-corrected chi connectivity index (χ2v) is 4.38. The Bertz CT molecular complexity index is 384. The normalized spacial score (nSPS) is 12.2. The molecule has 0 radical (unpaired) electrons. The fourth-order valence-corrected chi connectivity index (χ4v) is 1.71. The van der Waals surface area contributed by atoms with Crippen LogP contribution in [0.15, 0.2) is 22.7 Å². The molecule has 0 saturated carbocycles. The second kappa shape index (κ2) is 5.96. The summed E-state index contributed by atoms with van der Waals surface area (Å²) in [5, 5.41) is 2.63. The maximum atomic E-state index is 13.5. The number of carbonyl (C=O) groups excluding carboxylic acids is 1. The van der Waals surface area contributed by atoms with Crippen LogP contribution in [0.4, 0.5) is 4.39 Å². The lowest BCUT2D eigenvalue weighted by molar-refractivity contribution is -0.122. The van der Waals surface area contributed by atoms with E-state index in [0.717, 1.165) is 4.47 Å². The van der Waals surface area contributed by atoms with E-state index in [0.29, 0.717) is 18.7 Å². The van der Waals surface area contributed by atoms with Crippen LogP contribution in [0, 0.1) is 5.82 Å². The number of rotatable bonds is 4. The minimum atomic E-state index is -0.524. The molecule has 88 valence electrons. The van der Waals surface area contributed by atoms with Crippen molar-refractivity contribution in [1.82, 2.24) is 5.32 Å². The van der Waals surface area contributed by atoms with Crippen molar-refractivity contribution in [2.45, 2.75) is 12.8 Å². The van der Waals surface area contributed by atoms with Crippen molar-refractivity contribution < 1.29 is 9.18 Å². The molecule has 1 aromatic carbocycles. The number of nitrogens with two attached hydrogens (primary N) is 1. The highest BCUT2D eigenvalue weighted by molar-refractivity contribution is 9.10. The van der Waals surface area contributed by atoms with Gasteiger partial charge in [-0.1, -0.05) is 15.9 Å². The van der Waals surface area contributed by atoms with Crippen molar-refractivity contribution in [2.24, 2.45) is 5.73 Å². The minimum Gasteiger partial charge on any atom is -0.354 e. The molecule has 3 nitrogen and oxygen atoms in total. The molecule has 1 atom stereocenters. The molecule has 1 aromatic rings. The summed E-state index contributed by atoms with van der Waals surface area (Å²) in [5.41, 5.74) is 5.65. The molecule has 0 aliphatic rings. The summed E-state index contributed by atoms with van der Waals surface area (Å²) in [6.07, 6.45) is 0. The van der Waals surface area contributed by atoms with E-state index in [1.165, 1.54) is 6.07 Å². The molecule has 0 spiro atoms. The molecule has 0 aliphatic carbocycles. The zero-order valence-electron chi connectivity index (χ0n) is 8.97. The number of halogens is 2. The highest BCUT2D eigenvalue weighted by atomic mass is 79.9. The number of nitrogens with one attached hydrogen (secondary N) is 1. The van der Waals surface area contributed by atoms with Crippen molar-refractivity contribution in [1.29, 1.82) is 0 Å². The number of carbonyl (C=O) groups is 1. The predicted molar refractivity (Wildman–Crippen MR) is 64.6 cm³/mol. The largest absolute Gasteiger partial charge is 0.354 e. The van der Waals surface area contributed by atoms with Gasteiger partial charge in [0.2, 0.25) is 5.91 Å². The fourth-order valence-electron chi connectivity index (χ4n) is 1.34.